The van der Waals surface area contributed by atoms with Gasteiger partial charge in [-0.05, 0) is 36.7 Å². The summed E-state index contributed by atoms with van der Waals surface area (Å²) in [5, 5.41) is 12.1. The van der Waals surface area contributed by atoms with E-state index in [9.17, 15) is 0 Å². The van der Waals surface area contributed by atoms with Crippen molar-refractivity contribution in [3.63, 3.8) is 0 Å². The Labute approximate surface area is 120 Å². The molecule has 0 saturated carbocycles. The molecule has 1 unspecified atom stereocenters. The van der Waals surface area contributed by atoms with Crippen molar-refractivity contribution in [3.8, 4) is 16.9 Å². The molecule has 3 nitrogen and oxygen atoms in total. The number of benzene rings is 2. The van der Waals surface area contributed by atoms with Gasteiger partial charge in [-0.3, -0.25) is 0 Å². The second-order valence-electron chi connectivity index (χ2n) is 4.70. The van der Waals surface area contributed by atoms with E-state index in [1.54, 1.807) is 0 Å². The van der Waals surface area contributed by atoms with Gasteiger partial charge >= 0.3 is 0 Å². The van der Waals surface area contributed by atoms with E-state index in [1.807, 2.05) is 37.4 Å². The van der Waals surface area contributed by atoms with Crippen molar-refractivity contribution in [1.82, 2.24) is 5.32 Å². The van der Waals surface area contributed by atoms with Gasteiger partial charge in [0.2, 0.25) is 0 Å². The maximum absolute atomic E-state index is 8.93. The largest absolute Gasteiger partial charge is 0.492 e. The standard InChI is InChI=1S/C17H21NO2/c1-18-16(11-12-19)13-20-17-9-7-15(8-10-17)14-5-3-2-4-6-14/h2-10,16,18-19H,11-13H2,1H3. The highest BCUT2D eigenvalue weighted by Crippen LogP contribution is 2.22. The lowest BCUT2D eigenvalue weighted by molar-refractivity contribution is 0.219. The van der Waals surface area contributed by atoms with Crippen LogP contribution >= 0.6 is 0 Å². The monoisotopic (exact) mass is 271 g/mol. The molecule has 3 heteroatoms. The Morgan fingerprint density at radius 2 is 1.65 bits per heavy atom. The highest BCUT2D eigenvalue weighted by Gasteiger charge is 2.06. The van der Waals surface area contributed by atoms with Gasteiger partial charge in [0, 0.05) is 12.6 Å². The van der Waals surface area contributed by atoms with Gasteiger partial charge in [0.05, 0.1) is 0 Å². The second-order valence-corrected chi connectivity index (χ2v) is 4.70. The lowest BCUT2D eigenvalue weighted by atomic mass is 10.1. The van der Waals surface area contributed by atoms with E-state index in [-0.39, 0.29) is 12.6 Å². The lowest BCUT2D eigenvalue weighted by Gasteiger charge is -2.16. The Balaban J connectivity index is 1.95. The summed E-state index contributed by atoms with van der Waals surface area (Å²) < 4.78 is 5.73. The first kappa shape index (κ1) is 14.6. The topological polar surface area (TPSA) is 41.5 Å². The summed E-state index contributed by atoms with van der Waals surface area (Å²) in [6.45, 7) is 0.726. The third-order valence-corrected chi connectivity index (χ3v) is 3.30. The Kier molecular flexibility index (Phi) is 5.59. The molecule has 2 aromatic carbocycles. The first-order valence-electron chi connectivity index (χ1n) is 6.90. The van der Waals surface area contributed by atoms with E-state index in [4.69, 9.17) is 9.84 Å². The number of rotatable bonds is 7. The van der Waals surface area contributed by atoms with Crippen LogP contribution in [-0.2, 0) is 0 Å². The average Bonchev–Trinajstić information content (AvgIpc) is 2.53. The van der Waals surface area contributed by atoms with Gasteiger partial charge < -0.3 is 15.2 Å². The Morgan fingerprint density at radius 3 is 2.25 bits per heavy atom. The zero-order chi connectivity index (χ0) is 14.2. The van der Waals surface area contributed by atoms with Crippen LogP contribution in [0, 0.1) is 0 Å². The number of ether oxygens (including phenoxy) is 1. The summed E-state index contributed by atoms with van der Waals surface area (Å²) in [5.74, 6) is 0.850. The van der Waals surface area contributed by atoms with Crippen LogP contribution in [0.5, 0.6) is 5.75 Å². The molecule has 0 saturated heterocycles. The molecule has 0 bridgehead atoms. The van der Waals surface area contributed by atoms with E-state index in [0.717, 1.165) is 5.75 Å². The number of likely N-dealkylation sites (N-methyl/N-ethyl adjacent to an activating group) is 1. The minimum atomic E-state index is 0.168. The van der Waals surface area contributed by atoms with Crippen molar-refractivity contribution in [3.05, 3.63) is 54.6 Å². The van der Waals surface area contributed by atoms with E-state index in [1.165, 1.54) is 11.1 Å². The third-order valence-electron chi connectivity index (χ3n) is 3.30. The molecule has 20 heavy (non-hydrogen) atoms. The van der Waals surface area contributed by atoms with Crippen LogP contribution in [0.15, 0.2) is 54.6 Å². The van der Waals surface area contributed by atoms with E-state index >= 15 is 0 Å². The first-order valence-corrected chi connectivity index (χ1v) is 6.90. The molecule has 1 atom stereocenters. The summed E-state index contributed by atoms with van der Waals surface area (Å²) in [4.78, 5) is 0. The molecule has 2 rings (SSSR count). The normalized spacial score (nSPS) is 12.1. The molecular formula is C17H21NO2. The van der Waals surface area contributed by atoms with E-state index < -0.39 is 0 Å². The van der Waals surface area contributed by atoms with Gasteiger partial charge in [0.1, 0.15) is 12.4 Å². The second kappa shape index (κ2) is 7.68. The fraction of sp³-hybridized carbons (Fsp3) is 0.294. The maximum atomic E-state index is 8.93. The van der Waals surface area contributed by atoms with E-state index in [0.29, 0.717) is 13.0 Å². The summed E-state index contributed by atoms with van der Waals surface area (Å²) in [7, 11) is 1.88. The van der Waals surface area contributed by atoms with Crippen molar-refractivity contribution in [2.24, 2.45) is 0 Å². The van der Waals surface area contributed by atoms with Crippen molar-refractivity contribution >= 4 is 0 Å². The van der Waals surface area contributed by atoms with Gasteiger partial charge in [0.15, 0.2) is 0 Å². The number of hydrogen-bond donors (Lipinski definition) is 2. The third kappa shape index (κ3) is 4.08. The molecule has 0 aliphatic rings. The average molecular weight is 271 g/mol. The maximum Gasteiger partial charge on any atom is 0.119 e. The van der Waals surface area contributed by atoms with Gasteiger partial charge in [-0.25, -0.2) is 0 Å². The lowest BCUT2D eigenvalue weighted by Crippen LogP contribution is -2.32. The highest BCUT2D eigenvalue weighted by molar-refractivity contribution is 5.63. The first-order chi connectivity index (χ1) is 9.83. The van der Waals surface area contributed by atoms with Gasteiger partial charge in [0.25, 0.3) is 0 Å². The molecule has 0 fully saturated rings. The van der Waals surface area contributed by atoms with Crippen LogP contribution in [0.25, 0.3) is 11.1 Å². The number of nitrogens with one attached hydrogen (secondary N) is 1. The van der Waals surface area contributed by atoms with Crippen LogP contribution in [-0.4, -0.2) is 31.4 Å². The molecule has 0 aromatic heterocycles. The SMILES string of the molecule is CNC(CCO)COc1ccc(-c2ccccc2)cc1. The van der Waals surface area contributed by atoms with Crippen LogP contribution in [0.2, 0.25) is 0 Å². The minimum absolute atomic E-state index is 0.168. The Morgan fingerprint density at radius 1 is 1.00 bits per heavy atom. The molecule has 0 aliphatic carbocycles. The summed E-state index contributed by atoms with van der Waals surface area (Å²) >= 11 is 0. The molecule has 0 heterocycles. The summed E-state index contributed by atoms with van der Waals surface area (Å²) in [6, 6.07) is 18.5. The minimum Gasteiger partial charge on any atom is -0.492 e. The predicted octanol–water partition coefficient (Wildman–Crippen LogP) is 2.70. The van der Waals surface area contributed by atoms with Crippen LogP contribution < -0.4 is 10.1 Å². The Hall–Kier alpha value is -1.84. The quantitative estimate of drug-likeness (QED) is 0.813. The predicted molar refractivity (Wildman–Crippen MR) is 81.9 cm³/mol. The van der Waals surface area contributed by atoms with Crippen LogP contribution in [0.4, 0.5) is 0 Å². The highest BCUT2D eigenvalue weighted by atomic mass is 16.5. The van der Waals surface area contributed by atoms with Gasteiger partial charge in [-0.15, -0.1) is 0 Å². The zero-order valence-electron chi connectivity index (χ0n) is 11.8. The summed E-state index contributed by atoms with van der Waals surface area (Å²) in [6.07, 6.45) is 0.693. The number of aliphatic hydroxyl groups is 1. The van der Waals surface area contributed by atoms with Gasteiger partial charge in [-0.2, -0.15) is 0 Å². The molecule has 0 spiro atoms. The molecular weight excluding hydrogens is 250 g/mol. The van der Waals surface area contributed by atoms with Crippen LogP contribution in [0.3, 0.4) is 0 Å². The zero-order valence-corrected chi connectivity index (χ0v) is 11.8. The molecule has 106 valence electrons. The Bertz CT molecular complexity index is 496. The molecule has 0 aliphatic heterocycles. The van der Waals surface area contributed by atoms with Crippen molar-refractivity contribution < 1.29 is 9.84 Å². The van der Waals surface area contributed by atoms with Crippen molar-refractivity contribution in [1.29, 1.82) is 0 Å². The summed E-state index contributed by atoms with van der Waals surface area (Å²) in [5.41, 5.74) is 2.38. The van der Waals surface area contributed by atoms with E-state index in [2.05, 4.69) is 29.6 Å². The number of aliphatic hydroxyl groups excluding tert-OH is 1. The molecule has 2 N–H and O–H groups in total. The molecule has 0 radical (unpaired) electrons. The molecule has 2 aromatic rings. The van der Waals surface area contributed by atoms with Gasteiger partial charge in [-0.1, -0.05) is 42.5 Å². The molecule has 0 amide bonds. The van der Waals surface area contributed by atoms with Crippen molar-refractivity contribution in [2.75, 3.05) is 20.3 Å². The number of hydrogen-bond acceptors (Lipinski definition) is 3. The van der Waals surface area contributed by atoms with Crippen LogP contribution in [0.1, 0.15) is 6.42 Å². The van der Waals surface area contributed by atoms with Crippen molar-refractivity contribution in [2.45, 2.75) is 12.5 Å². The fourth-order valence-electron chi connectivity index (χ4n) is 2.04. The smallest absolute Gasteiger partial charge is 0.119 e. The fourth-order valence-corrected chi connectivity index (χ4v) is 2.04.